The fourth-order valence-corrected chi connectivity index (χ4v) is 2.75. The zero-order valence-electron chi connectivity index (χ0n) is 11.3. The largest absolute Gasteiger partial charge is 0.481 e. The van der Waals surface area contributed by atoms with E-state index >= 15 is 0 Å². The van der Waals surface area contributed by atoms with E-state index in [2.05, 4.69) is 10.0 Å². The van der Waals surface area contributed by atoms with Crippen LogP contribution in [0.2, 0.25) is 0 Å². The summed E-state index contributed by atoms with van der Waals surface area (Å²) in [6.07, 6.45) is -1.94. The molecule has 5 atom stereocenters. The van der Waals surface area contributed by atoms with Crippen LogP contribution in [0.3, 0.4) is 0 Å². The summed E-state index contributed by atoms with van der Waals surface area (Å²) in [6.45, 7) is -0.152. The van der Waals surface area contributed by atoms with Crippen molar-refractivity contribution in [3.05, 3.63) is 46.3 Å². The Morgan fingerprint density at radius 2 is 2.18 bits per heavy atom. The monoisotopic (exact) mass is 421 g/mol. The molecule has 0 saturated carbocycles. The molecule has 0 aromatic heterocycles. The molecule has 0 bridgehead atoms. The number of aliphatic carboxylic acids is 1. The number of hydrogen-bond donors (Lipinski definition) is 1. The van der Waals surface area contributed by atoms with Gasteiger partial charge >= 0.3 is 5.97 Å². The van der Waals surface area contributed by atoms with Crippen LogP contribution in [-0.4, -0.2) is 34.0 Å². The zero-order valence-corrected chi connectivity index (χ0v) is 13.4. The maximum atomic E-state index is 13.7. The third-order valence-corrected chi connectivity index (χ3v) is 4.01. The van der Waals surface area contributed by atoms with Crippen LogP contribution in [-0.2, 0) is 14.3 Å². The van der Waals surface area contributed by atoms with Crippen molar-refractivity contribution in [3.63, 3.8) is 0 Å². The second-order valence-electron chi connectivity index (χ2n) is 4.65. The molecule has 1 unspecified atom stereocenters. The summed E-state index contributed by atoms with van der Waals surface area (Å²) in [5.41, 5.74) is 9.26. The molecule has 9 heteroatoms. The summed E-state index contributed by atoms with van der Waals surface area (Å²) in [6, 6.07) is 7.63. The van der Waals surface area contributed by atoms with Crippen molar-refractivity contribution in [2.24, 2.45) is 11.0 Å². The van der Waals surface area contributed by atoms with E-state index in [1.165, 1.54) is 22.6 Å². The first kappa shape index (κ1) is 16.9. The van der Waals surface area contributed by atoms with E-state index in [0.717, 1.165) is 0 Å². The van der Waals surface area contributed by atoms with Gasteiger partial charge in [-0.3, -0.25) is 4.79 Å². The molecule has 1 saturated heterocycles. The first-order chi connectivity index (χ1) is 10.5. The van der Waals surface area contributed by atoms with Crippen molar-refractivity contribution in [2.75, 3.05) is 6.61 Å². The molecule has 1 N–H and O–H groups in total. The van der Waals surface area contributed by atoms with Gasteiger partial charge in [-0.25, -0.2) is 4.39 Å². The lowest BCUT2D eigenvalue weighted by Gasteiger charge is -2.37. The van der Waals surface area contributed by atoms with Crippen LogP contribution < -0.4 is 0 Å². The van der Waals surface area contributed by atoms with Gasteiger partial charge in [-0.2, -0.15) is 0 Å². The Morgan fingerprint density at radius 1 is 1.50 bits per heavy atom. The molecule has 0 aliphatic carbocycles. The van der Waals surface area contributed by atoms with Crippen LogP contribution in [0.15, 0.2) is 35.4 Å². The lowest BCUT2D eigenvalue weighted by Crippen LogP contribution is -2.48. The Morgan fingerprint density at radius 3 is 2.73 bits per heavy atom. The van der Waals surface area contributed by atoms with Crippen LogP contribution in [0.5, 0.6) is 0 Å². The van der Waals surface area contributed by atoms with E-state index < -0.39 is 34.5 Å². The minimum absolute atomic E-state index is 0.152. The fraction of sp³-hybridized carbons (Fsp3) is 0.462. The third kappa shape index (κ3) is 3.86. The zero-order chi connectivity index (χ0) is 16.1. The van der Waals surface area contributed by atoms with Crippen LogP contribution in [0, 0.1) is 5.92 Å². The number of carboxylic acid groups (broad SMARTS) is 1. The Bertz CT molecular complexity index is 568. The lowest BCUT2D eigenvalue weighted by molar-refractivity contribution is -0.247. The number of hydrogen-bond acceptors (Lipinski definition) is 4. The van der Waals surface area contributed by atoms with Crippen molar-refractivity contribution in [1.82, 2.24) is 0 Å². The lowest BCUT2D eigenvalue weighted by atomic mass is 9.96. The maximum absolute atomic E-state index is 13.7. The molecule has 0 spiro atoms. The van der Waals surface area contributed by atoms with Crippen LogP contribution in [0.1, 0.15) is 11.9 Å². The highest BCUT2D eigenvalue weighted by Crippen LogP contribution is 2.34. The molecule has 0 amide bonds. The first-order valence-corrected chi connectivity index (χ1v) is 7.66. The molecular formula is C13H13FIN3O4. The number of rotatable bonds is 5. The highest BCUT2D eigenvalue weighted by molar-refractivity contribution is 14.1. The molecule has 1 aliphatic rings. The first-order valence-electron chi connectivity index (χ1n) is 6.41. The number of nitrogens with zero attached hydrogens (tertiary/aromatic N) is 3. The Hall–Kier alpha value is -1.42. The van der Waals surface area contributed by atoms with Crippen LogP contribution in [0.25, 0.3) is 10.4 Å². The van der Waals surface area contributed by atoms with Gasteiger partial charge < -0.3 is 14.6 Å². The number of halogens is 2. The number of ether oxygens (including phenoxy) is 2. The van der Waals surface area contributed by atoms with Gasteiger partial charge in [-0.05, 0) is 28.1 Å². The second-order valence-corrected chi connectivity index (χ2v) is 5.84. The fourth-order valence-electron chi connectivity index (χ4n) is 2.20. The maximum Gasteiger partial charge on any atom is 0.311 e. The Balaban J connectivity index is 2.27. The summed E-state index contributed by atoms with van der Waals surface area (Å²) < 4.78 is 23.2. The van der Waals surface area contributed by atoms with Gasteiger partial charge in [0, 0.05) is 10.5 Å². The van der Waals surface area contributed by atoms with Crippen molar-refractivity contribution < 1.29 is 23.8 Å². The van der Waals surface area contributed by atoms with Crippen molar-refractivity contribution >= 4 is 28.6 Å². The van der Waals surface area contributed by atoms with E-state index in [4.69, 9.17) is 15.0 Å². The topological polar surface area (TPSA) is 105 Å². The molecular weight excluding hydrogens is 408 g/mol. The van der Waals surface area contributed by atoms with Crippen LogP contribution in [0.4, 0.5) is 4.39 Å². The highest BCUT2D eigenvalue weighted by atomic mass is 127. The molecule has 1 heterocycles. The van der Waals surface area contributed by atoms with E-state index in [1.807, 2.05) is 6.07 Å². The number of carbonyl (C=O) groups is 1. The van der Waals surface area contributed by atoms with E-state index in [0.29, 0.717) is 5.56 Å². The second kappa shape index (κ2) is 7.73. The average Bonchev–Trinajstić information content (AvgIpc) is 2.52. The quantitative estimate of drug-likeness (QED) is 0.259. The minimum atomic E-state index is -1.57. The summed E-state index contributed by atoms with van der Waals surface area (Å²) in [5.74, 6) is -2.30. The van der Waals surface area contributed by atoms with Gasteiger partial charge in [0.25, 0.3) is 0 Å². The van der Waals surface area contributed by atoms with Crippen molar-refractivity contribution in [1.29, 1.82) is 0 Å². The molecule has 2 rings (SSSR count). The molecule has 22 heavy (non-hydrogen) atoms. The highest BCUT2D eigenvalue weighted by Gasteiger charge is 2.44. The van der Waals surface area contributed by atoms with Gasteiger partial charge in [0.05, 0.1) is 12.7 Å². The standard InChI is InChI=1S/C13H13FIN3O4/c14-11(15)9(17-18-16)10-8(12(19)20)6-21-13(22-10)7-4-2-1-3-5-7/h1-5,8-11,13H,6H2,(H,19,20)/t8-,9+,10-,11?,13-/m1/s1. The molecule has 7 nitrogen and oxygen atoms in total. The Kier molecular flexibility index (Phi) is 5.95. The van der Waals surface area contributed by atoms with Gasteiger partial charge in [0.1, 0.15) is 12.0 Å². The number of carboxylic acids is 1. The van der Waals surface area contributed by atoms with Crippen molar-refractivity contribution in [3.8, 4) is 0 Å². The molecule has 1 aliphatic heterocycles. The number of azide groups is 1. The minimum Gasteiger partial charge on any atom is -0.481 e. The summed E-state index contributed by atoms with van der Waals surface area (Å²) in [4.78, 5) is 13.9. The molecule has 1 fully saturated rings. The predicted octanol–water partition coefficient (Wildman–Crippen LogP) is 3.21. The summed E-state index contributed by atoms with van der Waals surface area (Å²) in [5, 5.41) is 12.6. The predicted molar refractivity (Wildman–Crippen MR) is 83.0 cm³/mol. The number of benzene rings is 1. The van der Waals surface area contributed by atoms with Gasteiger partial charge in [0.2, 0.25) is 0 Å². The molecule has 118 valence electrons. The van der Waals surface area contributed by atoms with E-state index in [-0.39, 0.29) is 6.61 Å². The van der Waals surface area contributed by atoms with Gasteiger partial charge in [0.15, 0.2) is 10.5 Å². The summed E-state index contributed by atoms with van der Waals surface area (Å²) in [7, 11) is 0. The van der Waals surface area contributed by atoms with E-state index in [9.17, 15) is 14.3 Å². The number of alkyl halides is 2. The van der Waals surface area contributed by atoms with Crippen molar-refractivity contribution in [2.45, 2.75) is 22.6 Å². The van der Waals surface area contributed by atoms with Gasteiger partial charge in [-0.1, -0.05) is 35.4 Å². The average molecular weight is 421 g/mol. The smallest absolute Gasteiger partial charge is 0.311 e. The summed E-state index contributed by atoms with van der Waals surface area (Å²) >= 11 is 1.44. The van der Waals surface area contributed by atoms with E-state index in [1.54, 1.807) is 24.3 Å². The van der Waals surface area contributed by atoms with Crippen LogP contribution >= 0.6 is 22.6 Å². The molecule has 1 aromatic rings. The normalized spacial score (nSPS) is 27.5. The van der Waals surface area contributed by atoms with Gasteiger partial charge in [-0.15, -0.1) is 0 Å². The third-order valence-electron chi connectivity index (χ3n) is 3.27. The molecule has 1 aromatic carbocycles. The Labute approximate surface area is 139 Å². The molecule has 0 radical (unpaired) electrons. The SMILES string of the molecule is [N-]=[N+]=N[C@H](C(F)I)[C@@H]1O[C@H](c2ccccc2)OC[C@H]1C(=O)O.